The highest BCUT2D eigenvalue weighted by Gasteiger charge is 2.16. The maximum absolute atomic E-state index is 9.11. The van der Waals surface area contributed by atoms with Gasteiger partial charge in [0, 0.05) is 18.7 Å². The molecule has 0 saturated heterocycles. The van der Waals surface area contributed by atoms with Crippen molar-refractivity contribution in [3.05, 3.63) is 47.8 Å². The Bertz CT molecular complexity index is 1050. The van der Waals surface area contributed by atoms with Crippen molar-refractivity contribution in [1.29, 1.82) is 0 Å². The molecule has 2 heterocycles. The van der Waals surface area contributed by atoms with E-state index in [-0.39, 0.29) is 19.4 Å². The molecule has 0 unspecified atom stereocenters. The molecule has 3 aromatic rings. The molecule has 1 aliphatic heterocycles. The van der Waals surface area contributed by atoms with Crippen LogP contribution in [0.15, 0.2) is 41.4 Å². The molecule has 2 aromatic carbocycles. The summed E-state index contributed by atoms with van der Waals surface area (Å²) < 4.78 is 10.8. The summed E-state index contributed by atoms with van der Waals surface area (Å²) in [5.74, 6) is 2.29. The van der Waals surface area contributed by atoms with Crippen LogP contribution in [0.1, 0.15) is 11.4 Å². The minimum Gasteiger partial charge on any atom is -0.454 e. The minimum atomic E-state index is -0.0917. The van der Waals surface area contributed by atoms with Crippen molar-refractivity contribution >= 4 is 28.4 Å². The zero-order chi connectivity index (χ0) is 19.5. The van der Waals surface area contributed by atoms with Gasteiger partial charge in [0.15, 0.2) is 23.3 Å². The van der Waals surface area contributed by atoms with Crippen LogP contribution in [0.4, 0.5) is 11.5 Å². The Hall–Kier alpha value is -3.59. The second-order valence-corrected chi connectivity index (χ2v) is 6.21. The van der Waals surface area contributed by atoms with Crippen molar-refractivity contribution in [2.45, 2.75) is 6.42 Å². The van der Waals surface area contributed by atoms with Crippen molar-refractivity contribution < 1.29 is 14.6 Å². The number of fused-ring (bicyclic) bond motifs is 2. The fourth-order valence-electron chi connectivity index (χ4n) is 3.06. The summed E-state index contributed by atoms with van der Waals surface area (Å²) in [5.41, 5.74) is 13.6. The van der Waals surface area contributed by atoms with Gasteiger partial charge in [0.05, 0.1) is 17.5 Å². The van der Waals surface area contributed by atoms with Gasteiger partial charge in [-0.1, -0.05) is 12.1 Å². The fraction of sp³-hybridized carbons (Fsp3) is 0.211. The number of rotatable bonds is 6. The summed E-state index contributed by atoms with van der Waals surface area (Å²) in [6.45, 7) is 0.611. The van der Waals surface area contributed by atoms with Crippen molar-refractivity contribution in [1.82, 2.24) is 9.97 Å². The van der Waals surface area contributed by atoms with Gasteiger partial charge in [-0.25, -0.2) is 9.97 Å². The van der Waals surface area contributed by atoms with Gasteiger partial charge in [-0.3, -0.25) is 0 Å². The predicted octanol–water partition coefficient (Wildman–Crippen LogP) is 1.26. The van der Waals surface area contributed by atoms with Crippen LogP contribution in [0, 0.1) is 0 Å². The van der Waals surface area contributed by atoms with Crippen molar-refractivity contribution in [2.24, 2.45) is 16.5 Å². The largest absolute Gasteiger partial charge is 0.454 e. The van der Waals surface area contributed by atoms with E-state index in [1.165, 1.54) is 0 Å². The monoisotopic (exact) mass is 380 g/mol. The first-order valence-corrected chi connectivity index (χ1v) is 8.76. The molecule has 9 nitrogen and oxygen atoms in total. The number of aliphatic hydroxyl groups is 1. The Kier molecular flexibility index (Phi) is 4.81. The SMILES string of the molecule is NC(N)=Nc1nc(Cc2ccc3c(c2)OCO3)nc2cccc(NCCO)c12. The first kappa shape index (κ1) is 17.8. The third-order valence-corrected chi connectivity index (χ3v) is 4.21. The number of benzene rings is 2. The number of ether oxygens (including phenoxy) is 2. The highest BCUT2D eigenvalue weighted by Crippen LogP contribution is 2.34. The van der Waals surface area contributed by atoms with E-state index in [0.717, 1.165) is 17.0 Å². The molecule has 1 aliphatic rings. The Morgan fingerprint density at radius 2 is 2.00 bits per heavy atom. The number of nitrogens with two attached hydrogens (primary N) is 2. The summed E-state index contributed by atoms with van der Waals surface area (Å²) in [6.07, 6.45) is 0.480. The number of guanidine groups is 1. The van der Waals surface area contributed by atoms with E-state index in [1.807, 2.05) is 36.4 Å². The number of nitrogens with zero attached hydrogens (tertiary/aromatic N) is 3. The molecule has 9 heteroatoms. The number of aliphatic imine (C=N–C) groups is 1. The lowest BCUT2D eigenvalue weighted by Gasteiger charge is -2.12. The number of hydrogen-bond acceptors (Lipinski definition) is 7. The van der Waals surface area contributed by atoms with Crippen LogP contribution < -0.4 is 26.3 Å². The van der Waals surface area contributed by atoms with E-state index >= 15 is 0 Å². The van der Waals surface area contributed by atoms with Gasteiger partial charge < -0.3 is 31.4 Å². The van der Waals surface area contributed by atoms with Crippen LogP contribution in [0.2, 0.25) is 0 Å². The van der Waals surface area contributed by atoms with E-state index in [0.29, 0.717) is 41.3 Å². The quantitative estimate of drug-likeness (QED) is 0.370. The van der Waals surface area contributed by atoms with Gasteiger partial charge in [-0.05, 0) is 29.8 Å². The molecule has 4 rings (SSSR count). The van der Waals surface area contributed by atoms with E-state index in [1.54, 1.807) is 0 Å². The van der Waals surface area contributed by atoms with Gasteiger partial charge in [-0.15, -0.1) is 0 Å². The summed E-state index contributed by atoms with van der Waals surface area (Å²) in [5, 5.41) is 12.9. The molecule has 0 fully saturated rings. The van der Waals surface area contributed by atoms with Crippen LogP contribution in [0.5, 0.6) is 11.5 Å². The lowest BCUT2D eigenvalue weighted by molar-refractivity contribution is 0.174. The third kappa shape index (κ3) is 3.60. The maximum Gasteiger partial charge on any atom is 0.231 e. The Morgan fingerprint density at radius 3 is 2.82 bits per heavy atom. The summed E-state index contributed by atoms with van der Waals surface area (Å²) >= 11 is 0. The van der Waals surface area contributed by atoms with Crippen molar-refractivity contribution in [3.8, 4) is 11.5 Å². The molecular formula is C19H20N6O3. The number of aliphatic hydroxyl groups excluding tert-OH is 1. The minimum absolute atomic E-state index is 0.00291. The molecule has 0 atom stereocenters. The average Bonchev–Trinajstić information content (AvgIpc) is 3.13. The molecule has 0 aliphatic carbocycles. The molecule has 144 valence electrons. The van der Waals surface area contributed by atoms with Crippen LogP contribution in [0.3, 0.4) is 0 Å². The number of anilines is 1. The van der Waals surface area contributed by atoms with Crippen molar-refractivity contribution in [2.75, 3.05) is 25.3 Å². The zero-order valence-electron chi connectivity index (χ0n) is 15.1. The molecule has 0 saturated carbocycles. The number of nitrogens with one attached hydrogen (secondary N) is 1. The highest BCUT2D eigenvalue weighted by atomic mass is 16.7. The second-order valence-electron chi connectivity index (χ2n) is 6.21. The summed E-state index contributed by atoms with van der Waals surface area (Å²) in [4.78, 5) is 13.4. The molecule has 6 N–H and O–H groups in total. The topological polar surface area (TPSA) is 141 Å². The highest BCUT2D eigenvalue weighted by molar-refractivity contribution is 6.00. The molecule has 0 bridgehead atoms. The van der Waals surface area contributed by atoms with E-state index in [2.05, 4.69) is 20.3 Å². The van der Waals surface area contributed by atoms with Crippen LogP contribution in [-0.4, -0.2) is 41.0 Å². The third-order valence-electron chi connectivity index (χ3n) is 4.21. The molecular weight excluding hydrogens is 360 g/mol. The predicted molar refractivity (Wildman–Crippen MR) is 106 cm³/mol. The molecule has 0 spiro atoms. The first-order chi connectivity index (χ1) is 13.6. The second kappa shape index (κ2) is 7.57. The van der Waals surface area contributed by atoms with E-state index in [9.17, 15) is 0 Å². The summed E-state index contributed by atoms with van der Waals surface area (Å²) in [6, 6.07) is 11.3. The normalized spacial score (nSPS) is 12.2. The Morgan fingerprint density at radius 1 is 1.14 bits per heavy atom. The number of hydrogen-bond donors (Lipinski definition) is 4. The molecule has 28 heavy (non-hydrogen) atoms. The van der Waals surface area contributed by atoms with Gasteiger partial charge >= 0.3 is 0 Å². The number of aromatic nitrogens is 2. The van der Waals surface area contributed by atoms with E-state index < -0.39 is 0 Å². The van der Waals surface area contributed by atoms with Crippen molar-refractivity contribution in [3.63, 3.8) is 0 Å². The lowest BCUT2D eigenvalue weighted by atomic mass is 10.1. The van der Waals surface area contributed by atoms with Crippen LogP contribution in [0.25, 0.3) is 10.9 Å². The standard InChI is InChI=1S/C19H20N6O3/c20-19(21)25-18-17-12(22-6-7-26)2-1-3-13(17)23-16(24-18)9-11-4-5-14-15(8-11)28-10-27-14/h1-5,8,22,26H,6-7,9-10H2,(H4,20,21,23,24,25). The molecule has 0 radical (unpaired) electrons. The van der Waals surface area contributed by atoms with E-state index in [4.69, 9.17) is 26.0 Å². The van der Waals surface area contributed by atoms with Crippen LogP contribution >= 0.6 is 0 Å². The Balaban J connectivity index is 1.76. The Labute approximate surface area is 161 Å². The van der Waals surface area contributed by atoms with Gasteiger partial charge in [0.2, 0.25) is 6.79 Å². The molecule has 0 amide bonds. The molecule has 1 aromatic heterocycles. The van der Waals surface area contributed by atoms with Gasteiger partial charge in [-0.2, -0.15) is 4.99 Å². The van der Waals surface area contributed by atoms with Gasteiger partial charge in [0.1, 0.15) is 5.82 Å². The summed E-state index contributed by atoms with van der Waals surface area (Å²) in [7, 11) is 0. The maximum atomic E-state index is 9.11. The van der Waals surface area contributed by atoms with Crippen LogP contribution in [-0.2, 0) is 6.42 Å². The average molecular weight is 380 g/mol. The zero-order valence-corrected chi connectivity index (χ0v) is 15.1. The fourth-order valence-corrected chi connectivity index (χ4v) is 3.06. The lowest BCUT2D eigenvalue weighted by Crippen LogP contribution is -2.22. The smallest absolute Gasteiger partial charge is 0.231 e. The van der Waals surface area contributed by atoms with Gasteiger partial charge in [0.25, 0.3) is 0 Å². The first-order valence-electron chi connectivity index (χ1n) is 8.76.